The maximum atomic E-state index is 5.96. The number of hydrogen-bond acceptors (Lipinski definition) is 4. The Morgan fingerprint density at radius 1 is 1.16 bits per heavy atom. The van der Waals surface area contributed by atoms with Gasteiger partial charge in [0.15, 0.2) is 0 Å². The molecule has 0 N–H and O–H groups in total. The summed E-state index contributed by atoms with van der Waals surface area (Å²) in [4.78, 5) is 0. The number of para-hydroxylation sites is 1. The first-order valence-electron chi connectivity index (χ1n) is 8.18. The smallest absolute Gasteiger partial charge is 0.134 e. The van der Waals surface area contributed by atoms with E-state index in [0.717, 1.165) is 39.2 Å². The van der Waals surface area contributed by atoms with Crippen molar-refractivity contribution in [2.75, 3.05) is 0 Å². The normalized spacial score (nSPS) is 11.3. The number of aryl methyl sites for hydroxylation is 2. The van der Waals surface area contributed by atoms with E-state index in [2.05, 4.69) is 35.0 Å². The van der Waals surface area contributed by atoms with Gasteiger partial charge in [0, 0.05) is 22.7 Å². The molecule has 0 amide bonds. The van der Waals surface area contributed by atoms with Gasteiger partial charge < -0.3 is 4.42 Å². The lowest BCUT2D eigenvalue weighted by atomic mass is 10.1. The zero-order valence-corrected chi connectivity index (χ0v) is 14.3. The number of hydrogen-bond donors (Lipinski definition) is 0. The lowest BCUT2D eigenvalue weighted by Gasteiger charge is -1.97. The monoisotopic (exact) mass is 333 g/mol. The van der Waals surface area contributed by atoms with Crippen LogP contribution in [-0.2, 0) is 13.1 Å². The molecule has 6 heteroatoms. The minimum Gasteiger partial charge on any atom is -0.459 e. The zero-order valence-electron chi connectivity index (χ0n) is 14.3. The topological polar surface area (TPSA) is 61.7 Å². The second-order valence-electron chi connectivity index (χ2n) is 6.09. The molecule has 0 aliphatic carbocycles. The highest BCUT2D eigenvalue weighted by molar-refractivity contribution is 5.81. The summed E-state index contributed by atoms with van der Waals surface area (Å²) < 4.78 is 9.60. The molecule has 4 rings (SSSR count). The molecule has 126 valence electrons. The Balaban J connectivity index is 1.63. The van der Waals surface area contributed by atoms with Crippen LogP contribution in [0.2, 0.25) is 0 Å². The Bertz CT molecular complexity index is 1050. The minimum absolute atomic E-state index is 0.549. The molecule has 0 atom stereocenters. The predicted octanol–water partition coefficient (Wildman–Crippen LogP) is 3.74. The Morgan fingerprint density at radius 3 is 2.80 bits per heavy atom. The van der Waals surface area contributed by atoms with Crippen molar-refractivity contribution in [3.63, 3.8) is 0 Å². The Kier molecular flexibility index (Phi) is 3.72. The van der Waals surface area contributed by atoms with Gasteiger partial charge in [0.05, 0.1) is 18.4 Å². The highest BCUT2D eigenvalue weighted by Gasteiger charge is 2.14. The highest BCUT2D eigenvalue weighted by atomic mass is 16.3. The summed E-state index contributed by atoms with van der Waals surface area (Å²) in [5, 5.41) is 14.1. The van der Waals surface area contributed by atoms with E-state index in [0.29, 0.717) is 13.1 Å². The van der Waals surface area contributed by atoms with Crippen LogP contribution >= 0.6 is 0 Å². The molecule has 0 saturated carbocycles. The van der Waals surface area contributed by atoms with Gasteiger partial charge in [-0.25, -0.2) is 4.68 Å². The average molecular weight is 333 g/mol. The van der Waals surface area contributed by atoms with Gasteiger partial charge in [-0.2, -0.15) is 5.10 Å². The van der Waals surface area contributed by atoms with Crippen LogP contribution < -0.4 is 0 Å². The fourth-order valence-corrected chi connectivity index (χ4v) is 3.02. The number of nitrogens with zero attached hydrogens (tertiary/aromatic N) is 5. The Morgan fingerprint density at radius 2 is 2.00 bits per heavy atom. The number of rotatable bonds is 5. The van der Waals surface area contributed by atoms with Crippen LogP contribution in [0.4, 0.5) is 0 Å². The third kappa shape index (κ3) is 2.76. The first kappa shape index (κ1) is 15.4. The van der Waals surface area contributed by atoms with Crippen molar-refractivity contribution in [3.05, 3.63) is 66.3 Å². The number of fused-ring (bicyclic) bond motifs is 1. The molecule has 3 heterocycles. The predicted molar refractivity (Wildman–Crippen MR) is 96.2 cm³/mol. The summed E-state index contributed by atoms with van der Waals surface area (Å²) in [6.45, 7) is 9.01. The van der Waals surface area contributed by atoms with Crippen LogP contribution in [0.25, 0.3) is 22.2 Å². The SMILES string of the molecule is C=CCn1cc(-c2cn(Cc3oc4ccccc4c3C)nn2)c(C)n1. The summed E-state index contributed by atoms with van der Waals surface area (Å²) in [6, 6.07) is 8.05. The van der Waals surface area contributed by atoms with Gasteiger partial charge in [0.25, 0.3) is 0 Å². The third-order valence-electron chi connectivity index (χ3n) is 4.33. The molecule has 0 unspecified atom stereocenters. The summed E-state index contributed by atoms with van der Waals surface area (Å²) in [5.41, 5.74) is 4.75. The Labute approximate surface area is 145 Å². The second kappa shape index (κ2) is 6.05. The van der Waals surface area contributed by atoms with E-state index in [4.69, 9.17) is 4.42 Å². The maximum absolute atomic E-state index is 5.96. The van der Waals surface area contributed by atoms with Crippen molar-refractivity contribution in [2.24, 2.45) is 0 Å². The van der Waals surface area contributed by atoms with E-state index in [1.165, 1.54) is 0 Å². The van der Waals surface area contributed by atoms with E-state index in [9.17, 15) is 0 Å². The first-order chi connectivity index (χ1) is 12.2. The van der Waals surface area contributed by atoms with Crippen LogP contribution in [0.3, 0.4) is 0 Å². The largest absolute Gasteiger partial charge is 0.459 e. The molecule has 0 saturated heterocycles. The van der Waals surface area contributed by atoms with Crippen molar-refractivity contribution in [3.8, 4) is 11.3 Å². The molecule has 0 bridgehead atoms. The maximum Gasteiger partial charge on any atom is 0.134 e. The molecular weight excluding hydrogens is 314 g/mol. The molecule has 1 aromatic carbocycles. The molecule has 4 aromatic rings. The van der Waals surface area contributed by atoms with Gasteiger partial charge in [0.1, 0.15) is 23.6 Å². The molecule has 3 aromatic heterocycles. The third-order valence-corrected chi connectivity index (χ3v) is 4.33. The van der Waals surface area contributed by atoms with Crippen LogP contribution in [-0.4, -0.2) is 24.8 Å². The van der Waals surface area contributed by atoms with Gasteiger partial charge >= 0.3 is 0 Å². The fraction of sp³-hybridized carbons (Fsp3) is 0.211. The Hall–Kier alpha value is -3.15. The summed E-state index contributed by atoms with van der Waals surface area (Å²) >= 11 is 0. The molecular formula is C19H19N5O. The van der Waals surface area contributed by atoms with Gasteiger partial charge in [-0.15, -0.1) is 11.7 Å². The van der Waals surface area contributed by atoms with Crippen molar-refractivity contribution in [2.45, 2.75) is 26.9 Å². The van der Waals surface area contributed by atoms with Crippen molar-refractivity contribution in [1.82, 2.24) is 24.8 Å². The summed E-state index contributed by atoms with van der Waals surface area (Å²) in [6.07, 6.45) is 5.71. The van der Waals surface area contributed by atoms with E-state index in [-0.39, 0.29) is 0 Å². The van der Waals surface area contributed by atoms with Gasteiger partial charge in [-0.05, 0) is 19.9 Å². The van der Waals surface area contributed by atoms with Crippen molar-refractivity contribution >= 4 is 11.0 Å². The quantitative estimate of drug-likeness (QED) is 0.522. The van der Waals surface area contributed by atoms with Crippen LogP contribution in [0.15, 0.2) is 53.7 Å². The van der Waals surface area contributed by atoms with E-state index in [1.54, 1.807) is 4.68 Å². The number of aromatic nitrogens is 5. The minimum atomic E-state index is 0.549. The average Bonchev–Trinajstić information content (AvgIpc) is 3.28. The van der Waals surface area contributed by atoms with Gasteiger partial charge in [-0.3, -0.25) is 4.68 Å². The number of allylic oxidation sites excluding steroid dienone is 1. The van der Waals surface area contributed by atoms with Crippen molar-refractivity contribution in [1.29, 1.82) is 0 Å². The van der Waals surface area contributed by atoms with Gasteiger partial charge in [0.2, 0.25) is 0 Å². The number of benzene rings is 1. The van der Waals surface area contributed by atoms with Crippen molar-refractivity contribution < 1.29 is 4.42 Å². The van der Waals surface area contributed by atoms with Crippen LogP contribution in [0.1, 0.15) is 17.0 Å². The number of furan rings is 1. The highest BCUT2D eigenvalue weighted by Crippen LogP contribution is 2.26. The molecule has 0 aliphatic rings. The standard InChI is InChI=1S/C19H19N5O/c1-4-9-23-10-16(14(3)21-23)17-11-24(22-20-17)12-19-13(2)15-7-5-6-8-18(15)25-19/h4-8,10-11H,1,9,12H2,2-3H3. The lowest BCUT2D eigenvalue weighted by molar-refractivity contribution is 0.500. The molecule has 0 fully saturated rings. The molecule has 25 heavy (non-hydrogen) atoms. The first-order valence-corrected chi connectivity index (χ1v) is 8.18. The second-order valence-corrected chi connectivity index (χ2v) is 6.09. The van der Waals surface area contributed by atoms with Crippen LogP contribution in [0, 0.1) is 13.8 Å². The van der Waals surface area contributed by atoms with Crippen LogP contribution in [0.5, 0.6) is 0 Å². The fourth-order valence-electron chi connectivity index (χ4n) is 3.02. The van der Waals surface area contributed by atoms with E-state index < -0.39 is 0 Å². The molecule has 0 spiro atoms. The van der Waals surface area contributed by atoms with E-state index in [1.807, 2.05) is 48.3 Å². The molecule has 6 nitrogen and oxygen atoms in total. The zero-order chi connectivity index (χ0) is 17.4. The molecule has 0 radical (unpaired) electrons. The van der Waals surface area contributed by atoms with Gasteiger partial charge in [-0.1, -0.05) is 29.5 Å². The summed E-state index contributed by atoms with van der Waals surface area (Å²) in [5.74, 6) is 0.900. The van der Waals surface area contributed by atoms with E-state index >= 15 is 0 Å². The lowest BCUT2D eigenvalue weighted by Crippen LogP contribution is -2.00. The molecule has 0 aliphatic heterocycles. The summed E-state index contributed by atoms with van der Waals surface area (Å²) in [7, 11) is 0.